The lowest BCUT2D eigenvalue weighted by Gasteiger charge is -2.46. The Bertz CT molecular complexity index is 601. The van der Waals surface area contributed by atoms with Crippen molar-refractivity contribution in [3.05, 3.63) is 29.6 Å². The summed E-state index contributed by atoms with van der Waals surface area (Å²) in [6.45, 7) is 9.35. The minimum Gasteiger partial charge on any atom is -0.481 e. The second-order valence-electron chi connectivity index (χ2n) is 7.89. The molecule has 0 amide bonds. The molecule has 1 N–H and O–H groups in total. The molecule has 3 rings (SSSR count). The predicted octanol–water partition coefficient (Wildman–Crippen LogP) is 1.69. The number of aromatic nitrogens is 1. The second-order valence-corrected chi connectivity index (χ2v) is 7.89. The standard InChI is InChI=1S/C20H32N4O2/c1-16-4-3-5-18(21-16)15-23-9-8-19(17(14-23)6-7-20(25)26)24-12-10-22(2)11-13-24/h3-5,17,19H,6-15H2,1-2H3,(H,25,26)/t17-,19+/m0/s1. The van der Waals surface area contributed by atoms with E-state index in [1.807, 2.05) is 13.0 Å². The van der Waals surface area contributed by atoms with Gasteiger partial charge in [-0.3, -0.25) is 19.6 Å². The van der Waals surface area contributed by atoms with Crippen LogP contribution in [0.25, 0.3) is 0 Å². The number of nitrogens with zero attached hydrogens (tertiary/aromatic N) is 4. The zero-order chi connectivity index (χ0) is 18.5. The van der Waals surface area contributed by atoms with E-state index in [0.29, 0.717) is 12.0 Å². The molecule has 1 aromatic rings. The third kappa shape index (κ3) is 5.25. The van der Waals surface area contributed by atoms with Crippen LogP contribution < -0.4 is 0 Å². The van der Waals surface area contributed by atoms with E-state index in [1.54, 1.807) is 0 Å². The molecule has 2 aliphatic heterocycles. The highest BCUT2D eigenvalue weighted by Crippen LogP contribution is 2.28. The van der Waals surface area contributed by atoms with Gasteiger partial charge in [-0.1, -0.05) is 6.07 Å². The zero-order valence-corrected chi connectivity index (χ0v) is 16.1. The van der Waals surface area contributed by atoms with E-state index in [9.17, 15) is 4.79 Å². The van der Waals surface area contributed by atoms with Gasteiger partial charge >= 0.3 is 5.97 Å². The fourth-order valence-corrected chi connectivity index (χ4v) is 4.38. The number of aryl methyl sites for hydroxylation is 1. The van der Waals surface area contributed by atoms with Crippen LogP contribution in [0.3, 0.4) is 0 Å². The highest BCUT2D eigenvalue weighted by Gasteiger charge is 2.34. The van der Waals surface area contributed by atoms with Crippen molar-refractivity contribution in [2.24, 2.45) is 5.92 Å². The monoisotopic (exact) mass is 360 g/mol. The quantitative estimate of drug-likeness (QED) is 0.833. The van der Waals surface area contributed by atoms with Gasteiger partial charge in [0.1, 0.15) is 0 Å². The summed E-state index contributed by atoms with van der Waals surface area (Å²) < 4.78 is 0. The van der Waals surface area contributed by atoms with Crippen molar-refractivity contribution in [2.45, 2.75) is 38.8 Å². The predicted molar refractivity (Wildman–Crippen MR) is 102 cm³/mol. The normalized spacial score (nSPS) is 26.1. The van der Waals surface area contributed by atoms with Crippen molar-refractivity contribution < 1.29 is 9.90 Å². The van der Waals surface area contributed by atoms with Crippen molar-refractivity contribution in [3.63, 3.8) is 0 Å². The van der Waals surface area contributed by atoms with Gasteiger partial charge in [0.15, 0.2) is 0 Å². The molecule has 26 heavy (non-hydrogen) atoms. The number of carboxylic acids is 1. The Morgan fingerprint density at radius 3 is 2.69 bits per heavy atom. The number of hydrogen-bond donors (Lipinski definition) is 1. The van der Waals surface area contributed by atoms with Gasteiger partial charge in [0.25, 0.3) is 0 Å². The van der Waals surface area contributed by atoms with E-state index < -0.39 is 5.97 Å². The Morgan fingerprint density at radius 2 is 2.00 bits per heavy atom. The van der Waals surface area contributed by atoms with Crippen LogP contribution in [0.1, 0.15) is 30.7 Å². The van der Waals surface area contributed by atoms with E-state index in [2.05, 4.69) is 38.9 Å². The molecule has 2 fully saturated rings. The summed E-state index contributed by atoms with van der Waals surface area (Å²) in [6, 6.07) is 6.70. The fraction of sp³-hybridized carbons (Fsp3) is 0.700. The van der Waals surface area contributed by atoms with E-state index in [4.69, 9.17) is 5.11 Å². The highest BCUT2D eigenvalue weighted by atomic mass is 16.4. The van der Waals surface area contributed by atoms with Gasteiger partial charge in [-0.15, -0.1) is 0 Å². The molecule has 2 saturated heterocycles. The van der Waals surface area contributed by atoms with E-state index >= 15 is 0 Å². The first-order valence-corrected chi connectivity index (χ1v) is 9.80. The average molecular weight is 361 g/mol. The van der Waals surface area contributed by atoms with Gasteiger partial charge < -0.3 is 10.0 Å². The van der Waals surface area contributed by atoms with Crippen LogP contribution in [0.5, 0.6) is 0 Å². The van der Waals surface area contributed by atoms with Crippen LogP contribution >= 0.6 is 0 Å². The number of aliphatic carboxylic acids is 1. The second kappa shape index (κ2) is 8.93. The molecule has 6 heteroatoms. The summed E-state index contributed by atoms with van der Waals surface area (Å²) in [5, 5.41) is 9.16. The minimum atomic E-state index is -0.681. The molecule has 6 nitrogen and oxygen atoms in total. The van der Waals surface area contributed by atoms with Crippen LogP contribution in [0.2, 0.25) is 0 Å². The Balaban J connectivity index is 1.63. The molecule has 1 aromatic heterocycles. The number of carboxylic acid groups (broad SMARTS) is 1. The number of piperidine rings is 1. The summed E-state index contributed by atoms with van der Waals surface area (Å²) in [5.74, 6) is -0.257. The minimum absolute atomic E-state index is 0.269. The molecule has 144 valence electrons. The SMILES string of the molecule is Cc1cccc(CN2CC[C@@H](N3CCN(C)CC3)[C@@H](CCC(=O)O)C2)n1. The molecule has 2 aliphatic rings. The molecular weight excluding hydrogens is 328 g/mol. The maximum Gasteiger partial charge on any atom is 0.303 e. The third-order valence-corrected chi connectivity index (χ3v) is 5.85. The van der Waals surface area contributed by atoms with Gasteiger partial charge in [-0.25, -0.2) is 0 Å². The lowest BCUT2D eigenvalue weighted by Crippen LogP contribution is -2.56. The molecule has 3 heterocycles. The highest BCUT2D eigenvalue weighted by molar-refractivity contribution is 5.66. The largest absolute Gasteiger partial charge is 0.481 e. The van der Waals surface area contributed by atoms with Crippen LogP contribution in [0.15, 0.2) is 18.2 Å². The molecule has 0 aliphatic carbocycles. The van der Waals surface area contributed by atoms with Crippen molar-refractivity contribution >= 4 is 5.97 Å². The summed E-state index contributed by atoms with van der Waals surface area (Å²) in [5.41, 5.74) is 2.16. The molecule has 0 bridgehead atoms. The molecule has 0 unspecified atom stereocenters. The average Bonchev–Trinajstić information content (AvgIpc) is 2.61. The van der Waals surface area contributed by atoms with Crippen LogP contribution in [0, 0.1) is 12.8 Å². The van der Waals surface area contributed by atoms with Gasteiger partial charge in [-0.05, 0) is 44.9 Å². The van der Waals surface area contributed by atoms with E-state index in [0.717, 1.165) is 70.0 Å². The third-order valence-electron chi connectivity index (χ3n) is 5.85. The lowest BCUT2D eigenvalue weighted by molar-refractivity contribution is -0.137. The number of piperazine rings is 1. The molecule has 0 spiro atoms. The molecule has 0 radical (unpaired) electrons. The summed E-state index contributed by atoms with van der Waals surface area (Å²) >= 11 is 0. The summed E-state index contributed by atoms with van der Waals surface area (Å²) in [4.78, 5) is 23.2. The molecule has 0 saturated carbocycles. The van der Waals surface area contributed by atoms with Crippen LogP contribution in [-0.2, 0) is 11.3 Å². The fourth-order valence-electron chi connectivity index (χ4n) is 4.38. The number of pyridine rings is 1. The molecular formula is C20H32N4O2. The van der Waals surface area contributed by atoms with Crippen LogP contribution in [0.4, 0.5) is 0 Å². The van der Waals surface area contributed by atoms with E-state index in [-0.39, 0.29) is 6.42 Å². The van der Waals surface area contributed by atoms with Gasteiger partial charge in [0, 0.05) is 64.0 Å². The first-order valence-electron chi connectivity index (χ1n) is 9.80. The lowest BCUT2D eigenvalue weighted by atomic mass is 9.86. The maximum absolute atomic E-state index is 11.1. The smallest absolute Gasteiger partial charge is 0.303 e. The van der Waals surface area contributed by atoms with Crippen LogP contribution in [-0.4, -0.2) is 83.1 Å². The Labute approximate surface area is 156 Å². The number of likely N-dealkylation sites (N-methyl/N-ethyl adjacent to an activating group) is 1. The van der Waals surface area contributed by atoms with E-state index in [1.165, 1.54) is 0 Å². The van der Waals surface area contributed by atoms with Gasteiger partial charge in [0.05, 0.1) is 5.69 Å². The summed E-state index contributed by atoms with van der Waals surface area (Å²) in [7, 11) is 2.18. The van der Waals surface area contributed by atoms with Gasteiger partial charge in [-0.2, -0.15) is 0 Å². The number of rotatable bonds is 6. The maximum atomic E-state index is 11.1. The zero-order valence-electron chi connectivity index (χ0n) is 16.1. The number of carbonyl (C=O) groups is 1. The van der Waals surface area contributed by atoms with Crippen molar-refractivity contribution in [1.82, 2.24) is 19.7 Å². The number of hydrogen-bond acceptors (Lipinski definition) is 5. The van der Waals surface area contributed by atoms with Crippen molar-refractivity contribution in [3.8, 4) is 0 Å². The van der Waals surface area contributed by atoms with Gasteiger partial charge in [0.2, 0.25) is 0 Å². The Morgan fingerprint density at radius 1 is 1.23 bits per heavy atom. The van der Waals surface area contributed by atoms with Crippen molar-refractivity contribution in [2.75, 3.05) is 46.3 Å². The first kappa shape index (κ1) is 19.3. The number of likely N-dealkylation sites (tertiary alicyclic amines) is 1. The Kier molecular flexibility index (Phi) is 6.62. The van der Waals surface area contributed by atoms with Crippen molar-refractivity contribution in [1.29, 1.82) is 0 Å². The Hall–Kier alpha value is -1.50. The summed E-state index contributed by atoms with van der Waals surface area (Å²) in [6.07, 6.45) is 2.16. The molecule has 0 aromatic carbocycles. The molecule has 2 atom stereocenters. The first-order chi connectivity index (χ1) is 12.5. The topological polar surface area (TPSA) is 59.9 Å².